The van der Waals surface area contributed by atoms with Crippen molar-refractivity contribution >= 4 is 45.5 Å². The third kappa shape index (κ3) is 5.73. The molecule has 3 heterocycles. The molecule has 0 saturated carbocycles. The molecule has 4 N–H and O–H groups in total. The lowest BCUT2D eigenvalue weighted by atomic mass is 9.96. The van der Waals surface area contributed by atoms with Gasteiger partial charge in [-0.15, -0.1) is 0 Å². The number of carbonyl (C=O) groups is 1. The summed E-state index contributed by atoms with van der Waals surface area (Å²) in [7, 11) is 0. The molecule has 1 amide bonds. The molecule has 0 spiro atoms. The van der Waals surface area contributed by atoms with E-state index in [9.17, 15) is 4.79 Å². The largest absolute Gasteiger partial charge is 0.379 e. The first-order valence-electron chi connectivity index (χ1n) is 10.5. The average molecular weight is 472 g/mol. The van der Waals surface area contributed by atoms with Crippen LogP contribution < -0.4 is 16.4 Å². The number of nitrogens with two attached hydrogens (primary N) is 1. The molecule has 1 aromatic carbocycles. The van der Waals surface area contributed by atoms with Gasteiger partial charge in [0.1, 0.15) is 12.1 Å². The first kappa shape index (κ1) is 22.4. The zero-order valence-corrected chi connectivity index (χ0v) is 19.4. The Kier molecular flexibility index (Phi) is 7.19. The lowest BCUT2D eigenvalue weighted by molar-refractivity contribution is -0.123. The molecule has 10 heteroatoms. The maximum atomic E-state index is 11.3. The number of hydrogen-bond acceptors (Lipinski definition) is 8. The topological polar surface area (TPSA) is 109 Å². The number of hydrogen-bond donors (Lipinski definition) is 3. The van der Waals surface area contributed by atoms with Crippen molar-refractivity contribution < 1.29 is 4.79 Å². The quantitative estimate of drug-likeness (QED) is 0.456. The first-order valence-corrected chi connectivity index (χ1v) is 11.7. The Morgan fingerprint density at radius 2 is 2.09 bits per heavy atom. The number of anilines is 3. The number of carbonyl (C=O) groups excluding carboxylic acids is 1. The summed E-state index contributed by atoms with van der Waals surface area (Å²) in [5, 5.41) is 8.13. The predicted octanol–water partition coefficient (Wildman–Crippen LogP) is 3.95. The Morgan fingerprint density at radius 3 is 2.84 bits per heavy atom. The second kappa shape index (κ2) is 10.2. The maximum Gasteiger partial charge on any atom is 0.220 e. The lowest BCUT2D eigenvalue weighted by Gasteiger charge is -2.30. The van der Waals surface area contributed by atoms with Gasteiger partial charge in [-0.1, -0.05) is 35.1 Å². The number of nitrogens with zero attached hydrogens (tertiary/aromatic N) is 4. The fourth-order valence-electron chi connectivity index (χ4n) is 3.74. The second-order valence-electron chi connectivity index (χ2n) is 7.89. The zero-order chi connectivity index (χ0) is 22.5. The van der Waals surface area contributed by atoms with Crippen molar-refractivity contribution in [2.24, 2.45) is 11.7 Å². The summed E-state index contributed by atoms with van der Waals surface area (Å²) in [6.07, 6.45) is 5.01. The lowest BCUT2D eigenvalue weighted by Crippen LogP contribution is -2.38. The number of amides is 1. The van der Waals surface area contributed by atoms with Gasteiger partial charge in [-0.3, -0.25) is 9.69 Å². The van der Waals surface area contributed by atoms with E-state index in [1.807, 2.05) is 37.4 Å². The van der Waals surface area contributed by atoms with Crippen molar-refractivity contribution in [3.8, 4) is 0 Å². The van der Waals surface area contributed by atoms with E-state index >= 15 is 0 Å². The monoisotopic (exact) mass is 471 g/mol. The second-order valence-corrected chi connectivity index (χ2v) is 9.41. The maximum absolute atomic E-state index is 11.3. The van der Waals surface area contributed by atoms with Gasteiger partial charge < -0.3 is 16.4 Å². The third-order valence-corrected chi connectivity index (χ3v) is 6.78. The summed E-state index contributed by atoms with van der Waals surface area (Å²) < 4.78 is 0. The molecular formula is C22H26ClN7OS. The molecule has 2 aromatic heterocycles. The summed E-state index contributed by atoms with van der Waals surface area (Å²) in [6.45, 7) is 5.07. The number of rotatable bonds is 8. The van der Waals surface area contributed by atoms with Gasteiger partial charge in [0.25, 0.3) is 0 Å². The number of benzene rings is 1. The van der Waals surface area contributed by atoms with Crippen molar-refractivity contribution in [1.29, 1.82) is 0 Å². The number of likely N-dealkylation sites (tertiary alicyclic amines) is 1. The van der Waals surface area contributed by atoms with E-state index in [0.29, 0.717) is 23.9 Å². The van der Waals surface area contributed by atoms with E-state index in [-0.39, 0.29) is 11.8 Å². The van der Waals surface area contributed by atoms with Crippen LogP contribution in [0.1, 0.15) is 29.0 Å². The number of primary amides is 1. The molecule has 1 aliphatic heterocycles. The molecule has 0 aliphatic carbocycles. The highest BCUT2D eigenvalue weighted by Crippen LogP contribution is 2.28. The van der Waals surface area contributed by atoms with Crippen LogP contribution in [-0.2, 0) is 17.9 Å². The van der Waals surface area contributed by atoms with Crippen LogP contribution in [0.25, 0.3) is 0 Å². The number of thiazole rings is 1. The van der Waals surface area contributed by atoms with Gasteiger partial charge in [-0.25, -0.2) is 15.0 Å². The standard InChI is InChI=1S/C22H26ClN7OS/c1-14-3-2-4-18(23)20(14)25-10-17-11-26-22(32-17)29-19-9-16(27-13-28-19)12-30-7-5-15(6-8-30)21(24)31/h2-4,9,11,13,15,25H,5-8,10,12H2,1H3,(H2,24,31)(H,26,27,28,29). The van der Waals surface area contributed by atoms with Crippen LogP contribution >= 0.6 is 22.9 Å². The molecule has 1 fully saturated rings. The minimum atomic E-state index is -0.196. The van der Waals surface area contributed by atoms with Crippen LogP contribution in [0.15, 0.2) is 36.8 Å². The smallest absolute Gasteiger partial charge is 0.220 e. The Morgan fingerprint density at radius 1 is 1.28 bits per heavy atom. The Bertz CT molecular complexity index is 1060. The van der Waals surface area contributed by atoms with E-state index in [4.69, 9.17) is 17.3 Å². The molecule has 1 saturated heterocycles. The summed E-state index contributed by atoms with van der Waals surface area (Å²) in [5.41, 5.74) is 8.39. The number of piperidine rings is 1. The fraction of sp³-hybridized carbons (Fsp3) is 0.364. The predicted molar refractivity (Wildman–Crippen MR) is 128 cm³/mol. The van der Waals surface area contributed by atoms with Gasteiger partial charge in [-0.05, 0) is 44.5 Å². The van der Waals surface area contributed by atoms with E-state index in [0.717, 1.165) is 52.9 Å². The van der Waals surface area contributed by atoms with E-state index in [1.165, 1.54) is 0 Å². The fourth-order valence-corrected chi connectivity index (χ4v) is 4.79. The molecule has 0 unspecified atom stereocenters. The molecular weight excluding hydrogens is 446 g/mol. The molecule has 168 valence electrons. The number of aryl methyl sites for hydroxylation is 1. The van der Waals surface area contributed by atoms with Gasteiger partial charge in [0.05, 0.1) is 22.9 Å². The molecule has 3 aromatic rings. The summed E-state index contributed by atoms with van der Waals surface area (Å²) >= 11 is 7.85. The molecule has 0 atom stereocenters. The SMILES string of the molecule is Cc1cccc(Cl)c1NCc1cnc(Nc2cc(CN3CCC(C(N)=O)CC3)ncn2)s1. The Hall–Kier alpha value is -2.75. The van der Waals surface area contributed by atoms with Crippen molar-refractivity contribution in [2.75, 3.05) is 23.7 Å². The molecule has 0 radical (unpaired) electrons. The molecule has 8 nitrogen and oxygen atoms in total. The van der Waals surface area contributed by atoms with Crippen LogP contribution in [0.2, 0.25) is 5.02 Å². The summed E-state index contributed by atoms with van der Waals surface area (Å²) in [5.74, 6) is 0.500. The van der Waals surface area contributed by atoms with E-state index in [1.54, 1.807) is 17.7 Å². The van der Waals surface area contributed by atoms with Gasteiger partial charge >= 0.3 is 0 Å². The molecule has 0 bridgehead atoms. The van der Waals surface area contributed by atoms with Crippen molar-refractivity contribution in [2.45, 2.75) is 32.9 Å². The highest BCUT2D eigenvalue weighted by Gasteiger charge is 2.23. The first-order chi connectivity index (χ1) is 15.5. The van der Waals surface area contributed by atoms with E-state index < -0.39 is 0 Å². The van der Waals surface area contributed by atoms with Crippen molar-refractivity contribution in [3.05, 3.63) is 57.9 Å². The summed E-state index contributed by atoms with van der Waals surface area (Å²) in [6, 6.07) is 7.78. The number of aromatic nitrogens is 3. The molecule has 4 rings (SSSR count). The number of nitrogens with one attached hydrogen (secondary N) is 2. The van der Waals surface area contributed by atoms with Crippen molar-refractivity contribution in [1.82, 2.24) is 19.9 Å². The van der Waals surface area contributed by atoms with Crippen LogP contribution in [0.5, 0.6) is 0 Å². The number of halogens is 1. The molecule has 32 heavy (non-hydrogen) atoms. The van der Waals surface area contributed by atoms with Crippen LogP contribution in [0.4, 0.5) is 16.6 Å². The Balaban J connectivity index is 1.32. The minimum absolute atomic E-state index is 0.00991. The highest BCUT2D eigenvalue weighted by molar-refractivity contribution is 7.15. The molecule has 1 aliphatic rings. The normalized spacial score (nSPS) is 14.9. The van der Waals surface area contributed by atoms with Crippen molar-refractivity contribution in [3.63, 3.8) is 0 Å². The van der Waals surface area contributed by atoms with Gasteiger partial charge in [0, 0.05) is 29.6 Å². The van der Waals surface area contributed by atoms with Gasteiger partial charge in [0.2, 0.25) is 5.91 Å². The van der Waals surface area contributed by atoms with E-state index in [2.05, 4.69) is 30.5 Å². The Labute approximate surface area is 196 Å². The zero-order valence-electron chi connectivity index (χ0n) is 17.8. The van der Waals surface area contributed by atoms with Gasteiger partial charge in [-0.2, -0.15) is 0 Å². The van der Waals surface area contributed by atoms with Crippen LogP contribution in [0.3, 0.4) is 0 Å². The van der Waals surface area contributed by atoms with Crippen LogP contribution in [-0.4, -0.2) is 38.8 Å². The number of para-hydroxylation sites is 1. The van der Waals surface area contributed by atoms with Gasteiger partial charge in [0.15, 0.2) is 5.13 Å². The highest BCUT2D eigenvalue weighted by atomic mass is 35.5. The van der Waals surface area contributed by atoms with Crippen LogP contribution in [0, 0.1) is 12.8 Å². The summed E-state index contributed by atoms with van der Waals surface area (Å²) in [4.78, 5) is 27.9. The minimum Gasteiger partial charge on any atom is -0.379 e. The average Bonchev–Trinajstić information content (AvgIpc) is 3.21. The third-order valence-electron chi connectivity index (χ3n) is 5.55.